The fourth-order valence-corrected chi connectivity index (χ4v) is 4.74. The van der Waals surface area contributed by atoms with E-state index in [4.69, 9.17) is 9.47 Å². The average Bonchev–Trinajstić information content (AvgIpc) is 3.20. The van der Waals surface area contributed by atoms with E-state index >= 15 is 0 Å². The molecule has 184 valence electrons. The second kappa shape index (κ2) is 10.7. The van der Waals surface area contributed by atoms with Crippen LogP contribution in [0, 0.1) is 0 Å². The monoisotopic (exact) mass is 487 g/mol. The summed E-state index contributed by atoms with van der Waals surface area (Å²) in [5.74, 6) is -1.17. The van der Waals surface area contributed by atoms with Crippen LogP contribution in [0.5, 0.6) is 0 Å². The van der Waals surface area contributed by atoms with Crippen molar-refractivity contribution in [3.63, 3.8) is 0 Å². The summed E-state index contributed by atoms with van der Waals surface area (Å²) in [6.45, 7) is 11.5. The second-order valence-electron chi connectivity index (χ2n) is 9.61. The summed E-state index contributed by atoms with van der Waals surface area (Å²) in [4.78, 5) is 45.4. The second-order valence-corrected chi connectivity index (χ2v) is 10.7. The quantitative estimate of drug-likeness (QED) is 0.584. The molecule has 2 aromatic rings. The van der Waals surface area contributed by atoms with E-state index in [1.54, 1.807) is 18.2 Å². The molecule has 1 aliphatic heterocycles. The standard InChI is InChI=1S/C25H33N3O5S/c1-15(2)28-12-11-18-20(14-28)34-23(27-18)22(30)26-19-13-17(24(31)32-6)8-7-16(19)9-10-21(29)33-25(3,4)5/h7-8,13,15H,9-12,14H2,1-6H3,(H,26,30). The van der Waals surface area contributed by atoms with Crippen LogP contribution in [0.2, 0.25) is 0 Å². The number of benzene rings is 1. The van der Waals surface area contributed by atoms with Gasteiger partial charge in [0.2, 0.25) is 0 Å². The molecule has 0 aliphatic carbocycles. The molecular formula is C25H33N3O5S. The average molecular weight is 488 g/mol. The first-order valence-corrected chi connectivity index (χ1v) is 12.3. The van der Waals surface area contributed by atoms with Crippen LogP contribution in [0.25, 0.3) is 0 Å². The Morgan fingerprint density at radius 1 is 1.24 bits per heavy atom. The number of hydrogen-bond donors (Lipinski definition) is 1. The molecule has 0 fully saturated rings. The van der Waals surface area contributed by atoms with Crippen LogP contribution in [-0.2, 0) is 33.7 Å². The van der Waals surface area contributed by atoms with E-state index in [0.717, 1.165) is 35.6 Å². The molecule has 0 saturated carbocycles. The first kappa shape index (κ1) is 25.8. The van der Waals surface area contributed by atoms with Gasteiger partial charge >= 0.3 is 11.9 Å². The van der Waals surface area contributed by atoms with E-state index in [1.807, 2.05) is 20.8 Å². The van der Waals surface area contributed by atoms with Crippen molar-refractivity contribution in [1.82, 2.24) is 9.88 Å². The number of hydrogen-bond acceptors (Lipinski definition) is 8. The van der Waals surface area contributed by atoms with Crippen molar-refractivity contribution < 1.29 is 23.9 Å². The van der Waals surface area contributed by atoms with Gasteiger partial charge in [0.15, 0.2) is 5.01 Å². The van der Waals surface area contributed by atoms with Gasteiger partial charge in [0.1, 0.15) is 5.60 Å². The van der Waals surface area contributed by atoms with Gasteiger partial charge in [0.25, 0.3) is 5.91 Å². The van der Waals surface area contributed by atoms with Gasteiger partial charge in [0, 0.05) is 42.5 Å². The Hall–Kier alpha value is -2.78. The molecule has 0 saturated heterocycles. The Labute approximate surface area is 204 Å². The van der Waals surface area contributed by atoms with Crippen LogP contribution in [-0.4, -0.2) is 53.0 Å². The van der Waals surface area contributed by atoms with Crippen molar-refractivity contribution in [3.05, 3.63) is 44.9 Å². The molecule has 0 bridgehead atoms. The SMILES string of the molecule is COC(=O)c1ccc(CCC(=O)OC(C)(C)C)c(NC(=O)c2nc3c(s2)CN(C(C)C)CC3)c1. The molecule has 0 atom stereocenters. The molecule has 8 nitrogen and oxygen atoms in total. The number of carbonyl (C=O) groups is 3. The first-order valence-electron chi connectivity index (χ1n) is 11.4. The topological polar surface area (TPSA) is 97.8 Å². The van der Waals surface area contributed by atoms with Crippen molar-refractivity contribution in [3.8, 4) is 0 Å². The highest BCUT2D eigenvalue weighted by Crippen LogP contribution is 2.28. The fraction of sp³-hybridized carbons (Fsp3) is 0.520. The Morgan fingerprint density at radius 3 is 2.62 bits per heavy atom. The Kier molecular flexibility index (Phi) is 8.09. The van der Waals surface area contributed by atoms with E-state index in [1.165, 1.54) is 18.4 Å². The van der Waals surface area contributed by atoms with Gasteiger partial charge in [-0.2, -0.15) is 0 Å². The van der Waals surface area contributed by atoms with E-state index in [-0.39, 0.29) is 18.3 Å². The van der Waals surface area contributed by atoms with Crippen LogP contribution in [0.3, 0.4) is 0 Å². The molecule has 9 heteroatoms. The smallest absolute Gasteiger partial charge is 0.337 e. The lowest BCUT2D eigenvalue weighted by molar-refractivity contribution is -0.154. The summed E-state index contributed by atoms with van der Waals surface area (Å²) in [5, 5.41) is 3.28. The molecule has 34 heavy (non-hydrogen) atoms. The summed E-state index contributed by atoms with van der Waals surface area (Å²) in [6, 6.07) is 5.34. The summed E-state index contributed by atoms with van der Waals surface area (Å²) in [7, 11) is 1.30. The van der Waals surface area contributed by atoms with Crippen LogP contribution >= 0.6 is 11.3 Å². The van der Waals surface area contributed by atoms with Crippen molar-refractivity contribution in [2.24, 2.45) is 0 Å². The minimum absolute atomic E-state index is 0.147. The van der Waals surface area contributed by atoms with E-state index in [9.17, 15) is 14.4 Å². The number of nitrogens with zero attached hydrogens (tertiary/aromatic N) is 2. The summed E-state index contributed by atoms with van der Waals surface area (Å²) >= 11 is 1.40. The van der Waals surface area contributed by atoms with Gasteiger partial charge < -0.3 is 14.8 Å². The highest BCUT2D eigenvalue weighted by Gasteiger charge is 2.25. The van der Waals surface area contributed by atoms with Crippen LogP contribution < -0.4 is 5.32 Å². The fourth-order valence-electron chi connectivity index (χ4n) is 3.71. The van der Waals surface area contributed by atoms with Crippen molar-refractivity contribution >= 4 is 34.9 Å². The number of aromatic nitrogens is 1. The zero-order valence-electron chi connectivity index (χ0n) is 20.7. The summed E-state index contributed by atoms with van der Waals surface area (Å²) in [6.07, 6.45) is 1.31. The first-order chi connectivity index (χ1) is 16.0. The molecule has 1 N–H and O–H groups in total. The zero-order valence-corrected chi connectivity index (χ0v) is 21.5. The van der Waals surface area contributed by atoms with Gasteiger partial charge in [-0.05, 0) is 58.7 Å². The van der Waals surface area contributed by atoms with Crippen LogP contribution in [0.15, 0.2) is 18.2 Å². The van der Waals surface area contributed by atoms with Gasteiger partial charge in [-0.15, -0.1) is 11.3 Å². The number of esters is 2. The molecule has 0 spiro atoms. The maximum absolute atomic E-state index is 13.1. The Bertz CT molecular complexity index is 1070. The number of anilines is 1. The third-order valence-corrected chi connectivity index (χ3v) is 6.56. The Balaban J connectivity index is 1.79. The molecule has 0 radical (unpaired) electrons. The summed E-state index contributed by atoms with van der Waals surface area (Å²) < 4.78 is 10.2. The van der Waals surface area contributed by atoms with Crippen molar-refractivity contribution in [2.45, 2.75) is 72.1 Å². The van der Waals surface area contributed by atoms with Crippen LogP contribution in [0.1, 0.15) is 77.3 Å². The van der Waals surface area contributed by atoms with Gasteiger partial charge in [-0.25, -0.2) is 9.78 Å². The van der Waals surface area contributed by atoms with E-state index in [2.05, 4.69) is 29.0 Å². The number of methoxy groups -OCH3 is 1. The number of nitrogens with one attached hydrogen (secondary N) is 1. The van der Waals surface area contributed by atoms with Gasteiger partial charge in [-0.1, -0.05) is 6.07 Å². The minimum atomic E-state index is -0.571. The lowest BCUT2D eigenvalue weighted by Gasteiger charge is -2.29. The number of amides is 1. The molecule has 0 unspecified atom stereocenters. The molecule has 2 heterocycles. The molecule has 1 aromatic heterocycles. The van der Waals surface area contributed by atoms with Crippen LogP contribution in [0.4, 0.5) is 5.69 Å². The summed E-state index contributed by atoms with van der Waals surface area (Å²) in [5.41, 5.74) is 1.88. The van der Waals surface area contributed by atoms with Gasteiger partial charge in [0.05, 0.1) is 18.4 Å². The highest BCUT2D eigenvalue weighted by molar-refractivity contribution is 7.13. The predicted molar refractivity (Wildman–Crippen MR) is 131 cm³/mol. The molecule has 1 aliphatic rings. The van der Waals surface area contributed by atoms with E-state index < -0.39 is 11.6 Å². The maximum Gasteiger partial charge on any atom is 0.337 e. The minimum Gasteiger partial charge on any atom is -0.465 e. The highest BCUT2D eigenvalue weighted by atomic mass is 32.1. The number of thiazole rings is 1. The number of rotatable bonds is 7. The zero-order chi connectivity index (χ0) is 25.0. The van der Waals surface area contributed by atoms with Crippen molar-refractivity contribution in [1.29, 1.82) is 0 Å². The maximum atomic E-state index is 13.1. The third-order valence-electron chi connectivity index (χ3n) is 5.48. The third kappa shape index (κ3) is 6.64. The molecule has 1 aromatic carbocycles. The number of aryl methyl sites for hydroxylation is 1. The largest absolute Gasteiger partial charge is 0.465 e. The number of ether oxygens (including phenoxy) is 2. The van der Waals surface area contributed by atoms with Crippen molar-refractivity contribution in [2.75, 3.05) is 19.0 Å². The number of fused-ring (bicyclic) bond motifs is 1. The Morgan fingerprint density at radius 2 is 1.97 bits per heavy atom. The lowest BCUT2D eigenvalue weighted by atomic mass is 10.0. The number of carbonyl (C=O) groups excluding carboxylic acids is 3. The normalized spacial score (nSPS) is 14.0. The van der Waals surface area contributed by atoms with E-state index in [0.29, 0.717) is 28.7 Å². The predicted octanol–water partition coefficient (Wildman–Crippen LogP) is 4.22. The van der Waals surface area contributed by atoms with Gasteiger partial charge in [-0.3, -0.25) is 14.5 Å². The lowest BCUT2D eigenvalue weighted by Crippen LogP contribution is -2.35. The molecule has 3 rings (SSSR count). The molecular weight excluding hydrogens is 454 g/mol. The molecule has 1 amide bonds.